The third kappa shape index (κ3) is 9.98. The minimum atomic E-state index is 0. The molecule has 4 heterocycles. The Morgan fingerprint density at radius 3 is 1.47 bits per heavy atom. The SMILES string of the molecule is C.CC1=C2CCOC(CN)C2=C(C)C1.CNCC1OCCC2=C(C)CC(C)=C21.CNCC1OCCC2=CCC=C21.NCC1OCCC2=CCC=C21. The summed E-state index contributed by atoms with van der Waals surface area (Å²) in [7, 11) is 3.95. The normalized spacial score (nSPS) is 27.6. The molecule has 0 saturated carbocycles. The van der Waals surface area contributed by atoms with Gasteiger partial charge in [0.25, 0.3) is 0 Å². The second kappa shape index (κ2) is 20.2. The van der Waals surface area contributed by atoms with Crippen molar-refractivity contribution >= 4 is 0 Å². The summed E-state index contributed by atoms with van der Waals surface area (Å²) in [5.41, 5.74) is 29.1. The van der Waals surface area contributed by atoms with Crippen LogP contribution in [-0.4, -0.2) is 91.1 Å². The lowest BCUT2D eigenvalue weighted by Gasteiger charge is -2.28. The van der Waals surface area contributed by atoms with Gasteiger partial charge in [0.15, 0.2) is 0 Å². The van der Waals surface area contributed by atoms with Gasteiger partial charge in [-0.25, -0.2) is 0 Å². The first-order valence-electron chi connectivity index (χ1n) is 19.0. The fourth-order valence-corrected chi connectivity index (χ4v) is 8.79. The molecule has 0 aromatic rings. The van der Waals surface area contributed by atoms with Crippen molar-refractivity contribution in [1.82, 2.24) is 10.6 Å². The van der Waals surface area contributed by atoms with Crippen molar-refractivity contribution in [3.63, 3.8) is 0 Å². The van der Waals surface area contributed by atoms with E-state index < -0.39 is 0 Å². The van der Waals surface area contributed by atoms with Crippen LogP contribution in [-0.2, 0) is 18.9 Å². The number of allylic oxidation sites excluding steroid dienone is 8. The second-order valence-corrected chi connectivity index (χ2v) is 14.5. The van der Waals surface area contributed by atoms with Crippen molar-refractivity contribution in [1.29, 1.82) is 0 Å². The van der Waals surface area contributed by atoms with Crippen molar-refractivity contribution in [2.45, 2.75) is 111 Å². The number of ether oxygens (including phenoxy) is 4. The standard InChI is InChI=1S/C12H19NO.C11H17NO.C10H15NO.C9H13NO.CH4/c1-8-6-9(2)12-10(8)4-5-14-11(12)7-13-3;1-7-5-8(2)11-9(7)3-4-13-10(11)6-12;1-11-7-10-9-4-2-3-8(9)5-6-12-10;10-6-9-8-3-1-2-7(8)4-5-11-9;/h11,13H,4-7H2,1-3H3;10H,3-6,12H2,1-2H3;3-4,10-11H,2,5-7H2,1H3;2-3,9H,1,4-6,10H2;1H4. The minimum Gasteiger partial charge on any atom is -0.372 e. The lowest BCUT2D eigenvalue weighted by Crippen LogP contribution is -2.32. The summed E-state index contributed by atoms with van der Waals surface area (Å²) in [5, 5.41) is 6.36. The van der Waals surface area contributed by atoms with Crippen LogP contribution in [0.1, 0.15) is 86.5 Å². The van der Waals surface area contributed by atoms with Gasteiger partial charge in [-0.1, -0.05) is 54.0 Å². The van der Waals surface area contributed by atoms with Gasteiger partial charge in [-0.15, -0.1) is 0 Å². The van der Waals surface area contributed by atoms with Crippen molar-refractivity contribution in [3.8, 4) is 0 Å². The molecule has 8 rings (SSSR count). The molecule has 8 nitrogen and oxygen atoms in total. The molecule has 4 atom stereocenters. The molecule has 0 amide bonds. The first-order valence-corrected chi connectivity index (χ1v) is 19.0. The maximum Gasteiger partial charge on any atom is 0.0951 e. The van der Waals surface area contributed by atoms with Gasteiger partial charge in [0.1, 0.15) is 0 Å². The van der Waals surface area contributed by atoms with Gasteiger partial charge in [0, 0.05) is 26.2 Å². The molecule has 0 bridgehead atoms. The first-order chi connectivity index (χ1) is 24.3. The van der Waals surface area contributed by atoms with Gasteiger partial charge >= 0.3 is 0 Å². The molecule has 0 radical (unpaired) electrons. The maximum atomic E-state index is 5.80. The van der Waals surface area contributed by atoms with Crippen molar-refractivity contribution < 1.29 is 18.9 Å². The lowest BCUT2D eigenvalue weighted by atomic mass is 9.95. The van der Waals surface area contributed by atoms with Crippen LogP contribution >= 0.6 is 0 Å². The van der Waals surface area contributed by atoms with E-state index in [1.807, 2.05) is 14.1 Å². The van der Waals surface area contributed by atoms with E-state index in [9.17, 15) is 0 Å². The Morgan fingerprint density at radius 2 is 0.961 bits per heavy atom. The average molecular weight is 705 g/mol. The number of fused-ring (bicyclic) bond motifs is 4. The predicted molar refractivity (Wildman–Crippen MR) is 212 cm³/mol. The molecule has 6 N–H and O–H groups in total. The summed E-state index contributed by atoms with van der Waals surface area (Å²) >= 11 is 0. The third-order valence-electron chi connectivity index (χ3n) is 11.1. The maximum absolute atomic E-state index is 5.80. The Morgan fingerprint density at radius 1 is 0.549 bits per heavy atom. The summed E-state index contributed by atoms with van der Waals surface area (Å²) in [5.74, 6) is 0. The number of rotatable bonds is 6. The molecule has 4 unspecified atom stereocenters. The number of hydrogen-bond donors (Lipinski definition) is 4. The van der Waals surface area contributed by atoms with Crippen LogP contribution in [0.5, 0.6) is 0 Å². The van der Waals surface area contributed by atoms with Crippen molar-refractivity contribution in [2.75, 3.05) is 66.7 Å². The zero-order valence-electron chi connectivity index (χ0n) is 31.7. The monoisotopic (exact) mass is 705 g/mol. The highest BCUT2D eigenvalue weighted by atomic mass is 16.5. The highest BCUT2D eigenvalue weighted by molar-refractivity contribution is 5.50. The zero-order chi connectivity index (χ0) is 35.6. The first kappa shape index (κ1) is 41.4. The molecule has 284 valence electrons. The van der Waals surface area contributed by atoms with E-state index >= 15 is 0 Å². The summed E-state index contributed by atoms with van der Waals surface area (Å²) < 4.78 is 22.6. The third-order valence-corrected chi connectivity index (χ3v) is 11.1. The van der Waals surface area contributed by atoms with Crippen LogP contribution in [0.3, 0.4) is 0 Å². The van der Waals surface area contributed by atoms with Gasteiger partial charge in [0.2, 0.25) is 0 Å². The molecule has 0 aromatic carbocycles. The Kier molecular flexibility index (Phi) is 16.4. The van der Waals surface area contributed by atoms with Gasteiger partial charge < -0.3 is 41.0 Å². The van der Waals surface area contributed by atoms with E-state index in [2.05, 4.69) is 62.6 Å². The lowest BCUT2D eigenvalue weighted by molar-refractivity contribution is 0.0678. The zero-order valence-corrected chi connectivity index (χ0v) is 31.7. The molecule has 4 fully saturated rings. The molecule has 51 heavy (non-hydrogen) atoms. The van der Waals surface area contributed by atoms with E-state index in [0.29, 0.717) is 25.3 Å². The van der Waals surface area contributed by atoms with E-state index in [1.54, 1.807) is 11.1 Å². The van der Waals surface area contributed by atoms with E-state index in [-0.39, 0.29) is 19.6 Å². The Hall–Kier alpha value is -2.40. The smallest absolute Gasteiger partial charge is 0.0951 e. The van der Waals surface area contributed by atoms with Crippen LogP contribution in [0.15, 0.2) is 91.2 Å². The largest absolute Gasteiger partial charge is 0.372 e. The highest BCUT2D eigenvalue weighted by Crippen LogP contribution is 2.40. The Bertz CT molecular complexity index is 1470. The average Bonchev–Trinajstić information content (AvgIpc) is 3.93. The van der Waals surface area contributed by atoms with Crippen molar-refractivity contribution in [2.24, 2.45) is 11.5 Å². The molecular weight excluding hydrogens is 636 g/mol. The molecule has 4 aliphatic heterocycles. The molecular formula is C43H68N4O4. The van der Waals surface area contributed by atoms with Gasteiger partial charge in [0.05, 0.1) is 50.8 Å². The summed E-state index contributed by atoms with van der Waals surface area (Å²) in [6.07, 6.45) is 18.9. The van der Waals surface area contributed by atoms with Gasteiger partial charge in [-0.05, 0) is 138 Å². The van der Waals surface area contributed by atoms with Gasteiger partial charge in [-0.3, -0.25) is 0 Å². The summed E-state index contributed by atoms with van der Waals surface area (Å²) in [6.45, 7) is 15.5. The van der Waals surface area contributed by atoms with Gasteiger partial charge in [-0.2, -0.15) is 0 Å². The van der Waals surface area contributed by atoms with E-state index in [4.69, 9.17) is 30.4 Å². The molecule has 4 saturated heterocycles. The van der Waals surface area contributed by atoms with Crippen LogP contribution in [0.25, 0.3) is 0 Å². The number of nitrogens with one attached hydrogen (secondary N) is 2. The summed E-state index contributed by atoms with van der Waals surface area (Å²) in [4.78, 5) is 0. The van der Waals surface area contributed by atoms with Crippen molar-refractivity contribution in [3.05, 3.63) is 91.2 Å². The minimum absolute atomic E-state index is 0. The Labute approximate surface area is 309 Å². The summed E-state index contributed by atoms with van der Waals surface area (Å²) in [6, 6.07) is 0. The molecule has 0 aromatic heterocycles. The highest BCUT2D eigenvalue weighted by Gasteiger charge is 2.31. The van der Waals surface area contributed by atoms with Crippen LogP contribution in [0, 0.1) is 0 Å². The molecule has 0 spiro atoms. The van der Waals surface area contributed by atoms with Crippen LogP contribution in [0.4, 0.5) is 0 Å². The fourth-order valence-electron chi connectivity index (χ4n) is 8.79. The number of hydrogen-bond acceptors (Lipinski definition) is 8. The molecule has 8 aliphatic rings. The molecule has 4 aliphatic carbocycles. The Balaban J connectivity index is 0.000000152. The number of nitrogens with two attached hydrogens (primary N) is 2. The number of likely N-dealkylation sites (N-methyl/N-ethyl adjacent to an activating group) is 2. The topological polar surface area (TPSA) is 113 Å². The second-order valence-electron chi connectivity index (χ2n) is 14.5. The quantitative estimate of drug-likeness (QED) is 0.242. The van der Waals surface area contributed by atoms with E-state index in [0.717, 1.165) is 90.9 Å². The predicted octanol–water partition coefficient (Wildman–Crippen LogP) is 6.68. The molecule has 8 heteroatoms. The van der Waals surface area contributed by atoms with Crippen LogP contribution < -0.4 is 22.1 Å². The fraction of sp³-hybridized carbons (Fsp3) is 0.628. The van der Waals surface area contributed by atoms with Crippen LogP contribution in [0.2, 0.25) is 0 Å². The van der Waals surface area contributed by atoms with E-state index in [1.165, 1.54) is 55.7 Å².